The number of carbonyl (C=O) groups excluding carboxylic acids is 3. The molecule has 0 saturated carbocycles. The number of aromatic nitrogens is 1. The van der Waals surface area contributed by atoms with E-state index < -0.39 is 45.6 Å². The molecule has 3 N–H and O–H groups in total. The van der Waals surface area contributed by atoms with E-state index in [9.17, 15) is 22.8 Å². The van der Waals surface area contributed by atoms with E-state index >= 15 is 0 Å². The third kappa shape index (κ3) is 5.99. The van der Waals surface area contributed by atoms with Crippen LogP contribution in [-0.2, 0) is 37.2 Å². The molecule has 1 aromatic heterocycles. The predicted molar refractivity (Wildman–Crippen MR) is 119 cm³/mol. The molecule has 3 rings (SSSR count). The van der Waals surface area contributed by atoms with Gasteiger partial charge >= 0.3 is 0 Å². The number of Topliss-reactive ketones (excluding diaryl/α,β-unsaturated/α-hetero) is 1. The number of hydrogen-bond donors (Lipinski definition) is 3. The van der Waals surface area contributed by atoms with E-state index in [0.29, 0.717) is 18.7 Å². The van der Waals surface area contributed by atoms with Crippen molar-refractivity contribution in [3.05, 3.63) is 47.0 Å². The summed E-state index contributed by atoms with van der Waals surface area (Å²) in [5.41, 5.74) is 0.601. The molecule has 2 atom stereocenters. The molecule has 0 radical (unpaired) electrons. The molecule has 0 saturated heterocycles. The molecule has 2 bridgehead atoms. The van der Waals surface area contributed by atoms with Gasteiger partial charge in [-0.25, -0.2) is 8.42 Å². The number of amides is 2. The zero-order valence-electron chi connectivity index (χ0n) is 17.8. The Kier molecular flexibility index (Phi) is 7.75. The fourth-order valence-electron chi connectivity index (χ4n) is 3.29. The Balaban J connectivity index is 1.81. The average molecular weight is 479 g/mol. The number of nitrogens with zero attached hydrogens (tertiary/aromatic N) is 1. The van der Waals surface area contributed by atoms with E-state index in [4.69, 9.17) is 0 Å². The Morgan fingerprint density at radius 1 is 1.22 bits per heavy atom. The summed E-state index contributed by atoms with van der Waals surface area (Å²) in [7, 11) is -3.96. The van der Waals surface area contributed by atoms with Gasteiger partial charge < -0.3 is 10.6 Å². The largest absolute Gasteiger partial charge is 0.349 e. The van der Waals surface area contributed by atoms with Gasteiger partial charge in [0.1, 0.15) is 12.1 Å². The molecule has 2 aromatic rings. The monoisotopic (exact) mass is 478 g/mol. The highest BCUT2D eigenvalue weighted by molar-refractivity contribution is 7.89. The first-order valence-corrected chi connectivity index (χ1v) is 12.6. The second-order valence-corrected chi connectivity index (χ2v) is 10.5. The van der Waals surface area contributed by atoms with Crippen LogP contribution in [0.15, 0.2) is 41.3 Å². The van der Waals surface area contributed by atoms with E-state index in [2.05, 4.69) is 19.7 Å². The molecule has 172 valence electrons. The second kappa shape index (κ2) is 10.3. The molecule has 0 fully saturated rings. The van der Waals surface area contributed by atoms with Crippen molar-refractivity contribution in [3.8, 4) is 0 Å². The van der Waals surface area contributed by atoms with Gasteiger partial charge in [0.15, 0.2) is 0 Å². The fourth-order valence-corrected chi connectivity index (χ4v) is 5.44. The quantitative estimate of drug-likeness (QED) is 0.526. The van der Waals surface area contributed by atoms with Crippen molar-refractivity contribution in [2.24, 2.45) is 5.92 Å². The van der Waals surface area contributed by atoms with Gasteiger partial charge in [-0.3, -0.25) is 14.4 Å². The van der Waals surface area contributed by atoms with Crippen LogP contribution in [-0.4, -0.2) is 49.0 Å². The third-order valence-electron chi connectivity index (χ3n) is 5.05. The van der Waals surface area contributed by atoms with Gasteiger partial charge in [-0.2, -0.15) is 9.10 Å². The highest BCUT2D eigenvalue weighted by Gasteiger charge is 2.33. The number of sulfonamides is 1. The van der Waals surface area contributed by atoms with Crippen LogP contribution in [0.1, 0.15) is 30.8 Å². The summed E-state index contributed by atoms with van der Waals surface area (Å²) in [6, 6.07) is 7.28. The Hall–Kier alpha value is -2.63. The van der Waals surface area contributed by atoms with Crippen LogP contribution in [0.25, 0.3) is 0 Å². The zero-order valence-corrected chi connectivity index (χ0v) is 19.5. The zero-order chi connectivity index (χ0) is 23.3. The van der Waals surface area contributed by atoms with Crippen molar-refractivity contribution in [1.82, 2.24) is 19.7 Å². The van der Waals surface area contributed by atoms with Crippen LogP contribution in [0.4, 0.5) is 0 Å². The van der Waals surface area contributed by atoms with Crippen LogP contribution in [0.3, 0.4) is 0 Å². The molecule has 2 unspecified atom stereocenters. The molecule has 1 aliphatic rings. The maximum absolute atomic E-state index is 13.1. The Labute approximate surface area is 191 Å². The van der Waals surface area contributed by atoms with Crippen LogP contribution in [0, 0.1) is 5.92 Å². The highest BCUT2D eigenvalue weighted by Crippen LogP contribution is 2.16. The maximum atomic E-state index is 13.1. The summed E-state index contributed by atoms with van der Waals surface area (Å²) in [5.74, 6) is -2.66. The van der Waals surface area contributed by atoms with Crippen LogP contribution >= 0.6 is 11.5 Å². The molecule has 9 nitrogen and oxygen atoms in total. The maximum Gasteiger partial charge on any atom is 0.289 e. The number of rotatable bonds is 6. The number of carbonyl (C=O) groups is 3. The summed E-state index contributed by atoms with van der Waals surface area (Å²) in [5, 5.41) is 5.15. The molecule has 2 heterocycles. The summed E-state index contributed by atoms with van der Waals surface area (Å²) in [4.78, 5) is 39.1. The van der Waals surface area contributed by atoms with Gasteiger partial charge in [-0.1, -0.05) is 32.0 Å². The molecule has 32 heavy (non-hydrogen) atoms. The summed E-state index contributed by atoms with van der Waals surface area (Å²) in [6.45, 7) is 3.72. The highest BCUT2D eigenvalue weighted by atomic mass is 32.2. The smallest absolute Gasteiger partial charge is 0.289 e. The minimum atomic E-state index is -3.96. The molecular weight excluding hydrogens is 452 g/mol. The van der Waals surface area contributed by atoms with Crippen molar-refractivity contribution < 1.29 is 22.8 Å². The number of nitrogens with one attached hydrogen (secondary N) is 3. The van der Waals surface area contributed by atoms with Crippen molar-refractivity contribution in [1.29, 1.82) is 0 Å². The molecule has 2 amide bonds. The summed E-state index contributed by atoms with van der Waals surface area (Å²) in [6.07, 6.45) is 1.46. The van der Waals surface area contributed by atoms with Crippen molar-refractivity contribution in [3.63, 3.8) is 0 Å². The second-order valence-electron chi connectivity index (χ2n) is 7.93. The van der Waals surface area contributed by atoms with Crippen LogP contribution in [0.2, 0.25) is 0 Å². The van der Waals surface area contributed by atoms with E-state index in [1.165, 1.54) is 23.7 Å². The van der Waals surface area contributed by atoms with E-state index in [1.54, 1.807) is 32.0 Å². The van der Waals surface area contributed by atoms with Gasteiger partial charge in [0.2, 0.25) is 21.7 Å². The summed E-state index contributed by atoms with van der Waals surface area (Å²) < 4.78 is 32.2. The Morgan fingerprint density at radius 3 is 2.62 bits per heavy atom. The normalized spacial score (nSPS) is 18.5. The van der Waals surface area contributed by atoms with E-state index in [0.717, 1.165) is 11.3 Å². The lowest BCUT2D eigenvalue weighted by Gasteiger charge is -2.24. The van der Waals surface area contributed by atoms with Crippen LogP contribution < -0.4 is 15.4 Å². The number of ketones is 1. The SMILES string of the molecule is CC(C)C(NS(=O)(=O)c1ccccc1)C(=O)NC1Cc2cc(sn2)CCCNC(=O)C1=O. The topological polar surface area (TPSA) is 134 Å². The minimum Gasteiger partial charge on any atom is -0.349 e. The molecule has 0 spiro atoms. The van der Waals surface area contributed by atoms with Gasteiger partial charge in [0.25, 0.3) is 5.91 Å². The first kappa shape index (κ1) is 24.0. The first-order chi connectivity index (χ1) is 15.2. The standard InChI is InChI=1S/C21H26N4O5S2/c1-13(2)18(25-32(29,30)16-8-4-3-5-9-16)20(27)23-17-12-14-11-15(31-24-14)7-6-10-22-21(28)19(17)26/h3-5,8-9,11,13,17-18,25H,6-7,10,12H2,1-2H3,(H,22,28)(H,23,27). The minimum absolute atomic E-state index is 0.0267. The van der Waals surface area contributed by atoms with Gasteiger partial charge in [-0.05, 0) is 48.5 Å². The molecule has 11 heteroatoms. The third-order valence-corrected chi connectivity index (χ3v) is 7.39. The molecule has 0 aliphatic carbocycles. The number of fused-ring (bicyclic) bond motifs is 2. The molecule has 1 aliphatic heterocycles. The summed E-state index contributed by atoms with van der Waals surface area (Å²) >= 11 is 1.33. The lowest BCUT2D eigenvalue weighted by molar-refractivity contribution is -0.140. The van der Waals surface area contributed by atoms with Crippen molar-refractivity contribution in [2.75, 3.05) is 6.54 Å². The lowest BCUT2D eigenvalue weighted by atomic mass is 10.0. The number of hydrogen-bond acceptors (Lipinski definition) is 7. The lowest BCUT2D eigenvalue weighted by Crippen LogP contribution is -2.56. The van der Waals surface area contributed by atoms with Crippen LogP contribution in [0.5, 0.6) is 0 Å². The number of aryl methyl sites for hydroxylation is 1. The average Bonchev–Trinajstić information content (AvgIpc) is 3.20. The van der Waals surface area contributed by atoms with Crippen molar-refractivity contribution >= 4 is 39.2 Å². The van der Waals surface area contributed by atoms with Gasteiger partial charge in [0, 0.05) is 17.8 Å². The van der Waals surface area contributed by atoms with Gasteiger partial charge in [0.05, 0.1) is 10.6 Å². The van der Waals surface area contributed by atoms with E-state index in [-0.39, 0.29) is 11.3 Å². The molecular formula is C21H26N4O5S2. The van der Waals surface area contributed by atoms with E-state index in [1.807, 2.05) is 6.07 Å². The Morgan fingerprint density at radius 2 is 1.94 bits per heavy atom. The predicted octanol–water partition coefficient (Wildman–Crippen LogP) is 0.805. The van der Waals surface area contributed by atoms with Crippen molar-refractivity contribution in [2.45, 2.75) is 50.1 Å². The first-order valence-electron chi connectivity index (χ1n) is 10.3. The fraction of sp³-hybridized carbons (Fsp3) is 0.429. The number of benzene rings is 1. The molecule has 1 aromatic carbocycles. The Bertz CT molecular complexity index is 1080. The van der Waals surface area contributed by atoms with Gasteiger partial charge in [-0.15, -0.1) is 0 Å².